The molecule has 0 spiro atoms. The number of benzene rings is 1. The first-order valence-electron chi connectivity index (χ1n) is 9.81. The number of hydrogen-bond donors (Lipinski definition) is 0. The van der Waals surface area contributed by atoms with Gasteiger partial charge in [-0.25, -0.2) is 4.79 Å². The second-order valence-electron chi connectivity index (χ2n) is 8.22. The Balaban J connectivity index is 1.45. The van der Waals surface area contributed by atoms with E-state index < -0.39 is 6.16 Å². The first kappa shape index (κ1) is 18.3. The van der Waals surface area contributed by atoms with Crippen LogP contribution in [0.3, 0.4) is 0 Å². The van der Waals surface area contributed by atoms with E-state index in [2.05, 4.69) is 20.3 Å². The van der Waals surface area contributed by atoms with Crippen LogP contribution in [-0.2, 0) is 4.74 Å². The van der Waals surface area contributed by atoms with Gasteiger partial charge in [0.15, 0.2) is 0 Å². The second-order valence-corrected chi connectivity index (χ2v) is 8.22. The van der Waals surface area contributed by atoms with Crippen LogP contribution in [0, 0.1) is 23.7 Å². The van der Waals surface area contributed by atoms with Crippen molar-refractivity contribution in [2.45, 2.75) is 71.3 Å². The molecule has 0 saturated heterocycles. The maximum absolute atomic E-state index is 12.0. The Bertz CT molecular complexity index is 538. The summed E-state index contributed by atoms with van der Waals surface area (Å²) in [4.78, 5) is 12.0. The maximum Gasteiger partial charge on any atom is 0.514 e. The highest BCUT2D eigenvalue weighted by atomic mass is 16.7. The molecule has 2 saturated carbocycles. The van der Waals surface area contributed by atoms with E-state index in [4.69, 9.17) is 9.47 Å². The molecular formula is C22H31O3. The molecule has 0 heterocycles. The van der Waals surface area contributed by atoms with E-state index in [1.54, 1.807) is 12.1 Å². The summed E-state index contributed by atoms with van der Waals surface area (Å²) in [6.07, 6.45) is 11.3. The Morgan fingerprint density at radius 1 is 0.920 bits per heavy atom. The number of rotatable bonds is 4. The van der Waals surface area contributed by atoms with Crippen molar-refractivity contribution in [3.05, 3.63) is 36.8 Å². The molecule has 2 fully saturated rings. The van der Waals surface area contributed by atoms with E-state index in [1.807, 2.05) is 18.2 Å². The number of para-hydroxylation sites is 1. The van der Waals surface area contributed by atoms with Crippen LogP contribution in [0.15, 0.2) is 30.3 Å². The SMILES string of the molecule is CC(C)(C1CC[CH]CC1)C1CCC(OC(=O)Oc2ccccc2)CC1. The normalized spacial score (nSPS) is 25.4. The first-order chi connectivity index (χ1) is 12.1. The number of ether oxygens (including phenoxy) is 2. The largest absolute Gasteiger partial charge is 0.514 e. The van der Waals surface area contributed by atoms with Gasteiger partial charge in [0.25, 0.3) is 0 Å². The molecule has 3 rings (SSSR count). The van der Waals surface area contributed by atoms with Crippen LogP contribution >= 0.6 is 0 Å². The van der Waals surface area contributed by atoms with Gasteiger partial charge in [0.05, 0.1) is 0 Å². The molecule has 0 bridgehead atoms. The zero-order valence-corrected chi connectivity index (χ0v) is 15.6. The van der Waals surface area contributed by atoms with Crippen molar-refractivity contribution >= 4 is 6.16 Å². The summed E-state index contributed by atoms with van der Waals surface area (Å²) in [6.45, 7) is 4.91. The average Bonchev–Trinajstić information content (AvgIpc) is 2.63. The molecule has 1 aromatic carbocycles. The molecule has 1 aromatic rings. The lowest BCUT2D eigenvalue weighted by Crippen LogP contribution is -2.38. The van der Waals surface area contributed by atoms with Crippen LogP contribution in [0.5, 0.6) is 5.75 Å². The van der Waals surface area contributed by atoms with Crippen LogP contribution in [-0.4, -0.2) is 12.3 Å². The lowest BCUT2D eigenvalue weighted by molar-refractivity contribution is 0.00130. The Kier molecular flexibility index (Phi) is 6.03. The van der Waals surface area contributed by atoms with Gasteiger partial charge in [0.1, 0.15) is 11.9 Å². The summed E-state index contributed by atoms with van der Waals surface area (Å²) >= 11 is 0. The summed E-state index contributed by atoms with van der Waals surface area (Å²) in [6, 6.07) is 9.12. The van der Waals surface area contributed by atoms with E-state index in [0.29, 0.717) is 11.2 Å². The van der Waals surface area contributed by atoms with Gasteiger partial charge >= 0.3 is 6.16 Å². The maximum atomic E-state index is 12.0. The predicted octanol–water partition coefficient (Wildman–Crippen LogP) is 6.18. The lowest BCUT2D eigenvalue weighted by atomic mass is 9.61. The Morgan fingerprint density at radius 2 is 1.52 bits per heavy atom. The number of carbonyl (C=O) groups is 1. The molecule has 137 valence electrons. The zero-order chi connectivity index (χ0) is 17.7. The van der Waals surface area contributed by atoms with Crippen LogP contribution < -0.4 is 4.74 Å². The van der Waals surface area contributed by atoms with Crippen molar-refractivity contribution < 1.29 is 14.3 Å². The summed E-state index contributed by atoms with van der Waals surface area (Å²) in [5.41, 5.74) is 0.393. The lowest BCUT2D eigenvalue weighted by Gasteiger charge is -2.45. The minimum absolute atomic E-state index is 0.00273. The van der Waals surface area contributed by atoms with E-state index in [9.17, 15) is 4.79 Å². The van der Waals surface area contributed by atoms with E-state index >= 15 is 0 Å². The van der Waals surface area contributed by atoms with E-state index in [0.717, 1.165) is 37.5 Å². The third-order valence-electron chi connectivity index (χ3n) is 6.42. The molecule has 0 N–H and O–H groups in total. The minimum Gasteiger partial charge on any atom is -0.431 e. The molecule has 1 radical (unpaired) electrons. The first-order valence-corrected chi connectivity index (χ1v) is 9.81. The molecule has 25 heavy (non-hydrogen) atoms. The molecule has 0 aliphatic heterocycles. The monoisotopic (exact) mass is 343 g/mol. The van der Waals surface area contributed by atoms with Crippen LogP contribution in [0.2, 0.25) is 0 Å². The summed E-state index contributed by atoms with van der Waals surface area (Å²) in [7, 11) is 0. The summed E-state index contributed by atoms with van der Waals surface area (Å²) < 4.78 is 10.8. The van der Waals surface area contributed by atoms with Crippen molar-refractivity contribution in [3.63, 3.8) is 0 Å². The molecule has 3 heteroatoms. The molecule has 0 aromatic heterocycles. The van der Waals surface area contributed by atoms with Gasteiger partial charge in [-0.2, -0.15) is 0 Å². The molecule has 0 amide bonds. The molecular weight excluding hydrogens is 312 g/mol. The van der Waals surface area contributed by atoms with Crippen molar-refractivity contribution in [1.29, 1.82) is 0 Å². The van der Waals surface area contributed by atoms with Crippen molar-refractivity contribution in [2.75, 3.05) is 0 Å². The highest BCUT2D eigenvalue weighted by molar-refractivity contribution is 5.63. The summed E-state index contributed by atoms with van der Waals surface area (Å²) in [5, 5.41) is 0. The van der Waals surface area contributed by atoms with Gasteiger partial charge < -0.3 is 9.47 Å². The molecule has 2 aliphatic carbocycles. The molecule has 0 atom stereocenters. The molecule has 2 aliphatic rings. The summed E-state index contributed by atoms with van der Waals surface area (Å²) in [5.74, 6) is 2.11. The smallest absolute Gasteiger partial charge is 0.431 e. The minimum atomic E-state index is -0.572. The van der Waals surface area contributed by atoms with Gasteiger partial charge in [0.2, 0.25) is 0 Å². The topological polar surface area (TPSA) is 35.5 Å². The van der Waals surface area contributed by atoms with Gasteiger partial charge in [-0.15, -0.1) is 0 Å². The van der Waals surface area contributed by atoms with Crippen molar-refractivity contribution in [1.82, 2.24) is 0 Å². The third kappa shape index (κ3) is 4.77. The third-order valence-corrected chi connectivity index (χ3v) is 6.42. The Labute approximate surface area is 152 Å². The highest BCUT2D eigenvalue weighted by Crippen LogP contribution is 2.48. The number of hydrogen-bond acceptors (Lipinski definition) is 3. The van der Waals surface area contributed by atoms with Gasteiger partial charge in [-0.3, -0.25) is 0 Å². The fourth-order valence-electron chi connectivity index (χ4n) is 4.67. The second kappa shape index (κ2) is 8.25. The van der Waals surface area contributed by atoms with Gasteiger partial charge in [0, 0.05) is 0 Å². The van der Waals surface area contributed by atoms with Crippen LogP contribution in [0.4, 0.5) is 4.79 Å². The quantitative estimate of drug-likeness (QED) is 0.483. The predicted molar refractivity (Wildman–Crippen MR) is 99.3 cm³/mol. The van der Waals surface area contributed by atoms with Crippen molar-refractivity contribution in [2.24, 2.45) is 17.3 Å². The standard InChI is InChI=1S/C22H31O3/c1-22(2,17-9-5-3-6-10-17)18-13-15-20(16-14-18)25-21(23)24-19-11-7-4-8-12-19/h3-4,7-8,11-12,17-18,20H,5-6,9-10,13-16H2,1-2H3. The Hall–Kier alpha value is -1.51. The zero-order valence-electron chi connectivity index (χ0n) is 15.6. The van der Waals surface area contributed by atoms with Crippen molar-refractivity contribution in [3.8, 4) is 5.75 Å². The van der Waals surface area contributed by atoms with Gasteiger partial charge in [-0.05, 0) is 87.2 Å². The molecule has 3 nitrogen and oxygen atoms in total. The Morgan fingerprint density at radius 3 is 2.16 bits per heavy atom. The van der Waals surface area contributed by atoms with Crippen LogP contribution in [0.1, 0.15) is 65.2 Å². The fourth-order valence-corrected chi connectivity index (χ4v) is 4.67. The highest BCUT2D eigenvalue weighted by Gasteiger charge is 2.39. The number of carbonyl (C=O) groups excluding carboxylic acids is 1. The van der Waals surface area contributed by atoms with E-state index in [1.165, 1.54) is 25.7 Å². The van der Waals surface area contributed by atoms with Crippen LogP contribution in [0.25, 0.3) is 0 Å². The van der Waals surface area contributed by atoms with Gasteiger partial charge in [-0.1, -0.05) is 32.0 Å². The molecule has 0 unspecified atom stereocenters. The fraction of sp³-hybridized carbons (Fsp3) is 0.636. The van der Waals surface area contributed by atoms with E-state index in [-0.39, 0.29) is 6.10 Å². The average molecular weight is 343 g/mol.